The highest BCUT2D eigenvalue weighted by Crippen LogP contribution is 2.19. The van der Waals surface area contributed by atoms with Crippen molar-refractivity contribution in [3.63, 3.8) is 0 Å². The van der Waals surface area contributed by atoms with Crippen LogP contribution in [0.1, 0.15) is 25.5 Å². The quantitative estimate of drug-likeness (QED) is 0.762. The van der Waals surface area contributed by atoms with E-state index >= 15 is 0 Å². The Morgan fingerprint density at radius 3 is 3.00 bits per heavy atom. The van der Waals surface area contributed by atoms with Gasteiger partial charge in [0.1, 0.15) is 0 Å². The highest BCUT2D eigenvalue weighted by atomic mass is 32.1. The Hall–Kier alpha value is -1.10. The highest BCUT2D eigenvalue weighted by molar-refractivity contribution is 7.80. The molecule has 0 aliphatic heterocycles. The number of thiocarbonyl (C=S) groups is 1. The molecule has 2 N–H and O–H groups in total. The molecular weight excluding hydrogens is 208 g/mol. The molecule has 1 heterocycles. The van der Waals surface area contributed by atoms with Gasteiger partial charge in [-0.25, -0.2) is 0 Å². The van der Waals surface area contributed by atoms with E-state index in [9.17, 15) is 0 Å². The van der Waals surface area contributed by atoms with Crippen molar-refractivity contribution in [1.82, 2.24) is 15.1 Å². The third kappa shape index (κ3) is 2.68. The Morgan fingerprint density at radius 2 is 2.40 bits per heavy atom. The van der Waals surface area contributed by atoms with Crippen molar-refractivity contribution >= 4 is 23.0 Å². The molecule has 1 saturated carbocycles. The molecule has 0 bridgehead atoms. The van der Waals surface area contributed by atoms with Crippen LogP contribution in [0.5, 0.6) is 0 Å². The van der Waals surface area contributed by atoms with E-state index < -0.39 is 0 Å². The summed E-state index contributed by atoms with van der Waals surface area (Å²) in [5, 5.41) is 11.5. The lowest BCUT2D eigenvalue weighted by molar-refractivity contribution is 0.746. The van der Waals surface area contributed by atoms with Crippen LogP contribution in [0, 0.1) is 0 Å². The number of hydrogen-bond donors (Lipinski definition) is 2. The van der Waals surface area contributed by atoms with Crippen molar-refractivity contribution in [1.29, 1.82) is 0 Å². The van der Waals surface area contributed by atoms with Gasteiger partial charge in [-0.05, 0) is 31.5 Å². The maximum atomic E-state index is 5.21. The van der Waals surface area contributed by atoms with Gasteiger partial charge in [-0.15, -0.1) is 0 Å². The Labute approximate surface area is 95.0 Å². The molecule has 0 amide bonds. The van der Waals surface area contributed by atoms with Crippen molar-refractivity contribution in [3.8, 4) is 0 Å². The van der Waals surface area contributed by atoms with Crippen LogP contribution in [0.3, 0.4) is 0 Å². The molecule has 1 aromatic rings. The zero-order valence-electron chi connectivity index (χ0n) is 9.08. The molecule has 1 aliphatic carbocycles. The molecule has 1 aromatic heterocycles. The lowest BCUT2D eigenvalue weighted by Crippen LogP contribution is -2.30. The van der Waals surface area contributed by atoms with E-state index in [0.717, 1.165) is 17.8 Å². The topological polar surface area (TPSA) is 41.9 Å². The molecule has 0 spiro atoms. The minimum atomic E-state index is 0.590. The van der Waals surface area contributed by atoms with Gasteiger partial charge in [0.05, 0.1) is 11.4 Å². The summed E-state index contributed by atoms with van der Waals surface area (Å²) in [4.78, 5) is 0. The fourth-order valence-electron chi connectivity index (χ4n) is 1.47. The number of aromatic nitrogens is 2. The number of rotatable bonds is 3. The number of nitrogens with zero attached hydrogens (tertiary/aromatic N) is 2. The summed E-state index contributed by atoms with van der Waals surface area (Å²) in [5.74, 6) is 0. The first-order valence-corrected chi connectivity index (χ1v) is 5.70. The lowest BCUT2D eigenvalue weighted by atomic mass is 10.3. The van der Waals surface area contributed by atoms with Crippen LogP contribution in [0.15, 0.2) is 6.20 Å². The molecule has 82 valence electrons. The van der Waals surface area contributed by atoms with Crippen LogP contribution in [0.4, 0.5) is 5.69 Å². The molecule has 1 fully saturated rings. The zero-order chi connectivity index (χ0) is 10.8. The molecule has 0 saturated heterocycles. The van der Waals surface area contributed by atoms with Gasteiger partial charge >= 0.3 is 0 Å². The average molecular weight is 224 g/mol. The van der Waals surface area contributed by atoms with Crippen molar-refractivity contribution in [2.24, 2.45) is 7.05 Å². The first-order chi connectivity index (χ1) is 7.19. The monoisotopic (exact) mass is 224 g/mol. The molecule has 1 aliphatic rings. The van der Waals surface area contributed by atoms with Gasteiger partial charge in [0.2, 0.25) is 0 Å². The van der Waals surface area contributed by atoms with Crippen molar-refractivity contribution in [2.75, 3.05) is 5.32 Å². The van der Waals surface area contributed by atoms with Gasteiger partial charge in [0, 0.05) is 19.3 Å². The molecule has 2 rings (SSSR count). The van der Waals surface area contributed by atoms with Gasteiger partial charge in [-0.2, -0.15) is 5.10 Å². The summed E-state index contributed by atoms with van der Waals surface area (Å²) >= 11 is 5.21. The molecule has 0 atom stereocenters. The standard InChI is InChI=1S/C10H16N4S/c1-3-8-9(6-14(2)13-8)12-10(15)11-7-4-5-7/h6-7H,3-5H2,1-2H3,(H2,11,12,15). The van der Waals surface area contributed by atoms with Crippen LogP contribution in [0.2, 0.25) is 0 Å². The Morgan fingerprint density at radius 1 is 1.67 bits per heavy atom. The number of anilines is 1. The third-order valence-electron chi connectivity index (χ3n) is 2.40. The first kappa shape index (κ1) is 10.4. The normalized spacial score (nSPS) is 15.1. The summed E-state index contributed by atoms with van der Waals surface area (Å²) < 4.78 is 1.81. The minimum absolute atomic E-state index is 0.590. The fraction of sp³-hybridized carbons (Fsp3) is 0.600. The van der Waals surface area contributed by atoms with Gasteiger partial charge in [0.15, 0.2) is 5.11 Å². The van der Waals surface area contributed by atoms with Crippen molar-refractivity contribution < 1.29 is 0 Å². The van der Waals surface area contributed by atoms with E-state index in [0.29, 0.717) is 11.2 Å². The smallest absolute Gasteiger partial charge is 0.171 e. The van der Waals surface area contributed by atoms with E-state index in [-0.39, 0.29) is 0 Å². The number of aryl methyl sites for hydroxylation is 2. The second-order valence-corrected chi connectivity index (χ2v) is 4.30. The SMILES string of the molecule is CCc1nn(C)cc1NC(=S)NC1CC1. The van der Waals surface area contributed by atoms with Crippen LogP contribution in [0.25, 0.3) is 0 Å². The minimum Gasteiger partial charge on any atom is -0.360 e. The first-order valence-electron chi connectivity index (χ1n) is 5.29. The molecule has 15 heavy (non-hydrogen) atoms. The molecule has 0 unspecified atom stereocenters. The maximum Gasteiger partial charge on any atom is 0.171 e. The lowest BCUT2D eigenvalue weighted by Gasteiger charge is -2.08. The molecular formula is C10H16N4S. The molecule has 4 nitrogen and oxygen atoms in total. The highest BCUT2D eigenvalue weighted by Gasteiger charge is 2.22. The summed E-state index contributed by atoms with van der Waals surface area (Å²) in [6, 6.07) is 0.590. The largest absolute Gasteiger partial charge is 0.360 e. The Bertz CT molecular complexity index is 367. The van der Waals surface area contributed by atoms with E-state index in [1.54, 1.807) is 4.68 Å². The van der Waals surface area contributed by atoms with Gasteiger partial charge in [-0.3, -0.25) is 4.68 Å². The second-order valence-electron chi connectivity index (χ2n) is 3.89. The Balaban J connectivity index is 1.98. The predicted octanol–water partition coefficient (Wildman–Crippen LogP) is 1.43. The van der Waals surface area contributed by atoms with Crippen LogP contribution >= 0.6 is 12.2 Å². The van der Waals surface area contributed by atoms with Crippen LogP contribution in [-0.2, 0) is 13.5 Å². The summed E-state index contributed by atoms with van der Waals surface area (Å²) in [5.41, 5.74) is 2.07. The number of hydrogen-bond acceptors (Lipinski definition) is 2. The molecule has 5 heteroatoms. The fourth-order valence-corrected chi connectivity index (χ4v) is 1.75. The maximum absolute atomic E-state index is 5.21. The summed E-state index contributed by atoms with van der Waals surface area (Å²) in [6.07, 6.45) is 5.33. The van der Waals surface area contributed by atoms with E-state index in [2.05, 4.69) is 22.7 Å². The predicted molar refractivity (Wildman–Crippen MR) is 65.0 cm³/mol. The third-order valence-corrected chi connectivity index (χ3v) is 2.62. The van der Waals surface area contributed by atoms with Gasteiger partial charge in [-0.1, -0.05) is 6.92 Å². The second kappa shape index (κ2) is 4.18. The van der Waals surface area contributed by atoms with E-state index in [4.69, 9.17) is 12.2 Å². The number of nitrogens with one attached hydrogen (secondary N) is 2. The van der Waals surface area contributed by atoms with Crippen LogP contribution < -0.4 is 10.6 Å². The van der Waals surface area contributed by atoms with E-state index in [1.807, 2.05) is 13.2 Å². The van der Waals surface area contributed by atoms with Gasteiger partial charge in [0.25, 0.3) is 0 Å². The summed E-state index contributed by atoms with van der Waals surface area (Å²) in [6.45, 7) is 2.09. The Kier molecular flexibility index (Phi) is 2.90. The molecule has 0 radical (unpaired) electrons. The van der Waals surface area contributed by atoms with Crippen molar-refractivity contribution in [2.45, 2.75) is 32.2 Å². The molecule has 0 aromatic carbocycles. The van der Waals surface area contributed by atoms with E-state index in [1.165, 1.54) is 12.8 Å². The zero-order valence-corrected chi connectivity index (χ0v) is 9.90. The van der Waals surface area contributed by atoms with Crippen molar-refractivity contribution in [3.05, 3.63) is 11.9 Å². The average Bonchev–Trinajstić information content (AvgIpc) is 2.90. The van der Waals surface area contributed by atoms with Crippen LogP contribution in [-0.4, -0.2) is 20.9 Å². The van der Waals surface area contributed by atoms with Gasteiger partial charge < -0.3 is 10.6 Å². The summed E-state index contributed by atoms with van der Waals surface area (Å²) in [7, 11) is 1.92.